The van der Waals surface area contributed by atoms with Crippen LogP contribution in [0.4, 0.5) is 34.1 Å². The van der Waals surface area contributed by atoms with Gasteiger partial charge < -0.3 is 18.9 Å². The first-order chi connectivity index (χ1) is 73.3. The Labute approximate surface area is 815 Å². The van der Waals surface area contributed by atoms with Gasteiger partial charge in [-0.15, -0.1) is 0 Å². The van der Waals surface area contributed by atoms with E-state index in [1.54, 1.807) is 153 Å². The monoisotopic (exact) mass is 1720 g/mol. The van der Waals surface area contributed by atoms with Crippen molar-refractivity contribution in [3.63, 3.8) is 0 Å². The molecule has 0 radical (unpaired) electrons. The van der Waals surface area contributed by atoms with Gasteiger partial charge in [0.15, 0.2) is 0 Å². The quantitative estimate of drug-likeness (QED) is 0.134. The van der Waals surface area contributed by atoms with Crippen molar-refractivity contribution < 1.29 is 42.5 Å². The second-order valence-corrected chi connectivity index (χ2v) is 45.5. The van der Waals surface area contributed by atoms with Gasteiger partial charge in [0, 0.05) is 72.2 Å². The van der Waals surface area contributed by atoms with Crippen LogP contribution in [-0.4, -0.2) is 15.8 Å². The fourth-order valence-corrected chi connectivity index (χ4v) is 18.1. The Morgan fingerprint density at radius 3 is 1.07 bits per heavy atom. The molecule has 0 unspecified atom stereocenters. The maximum Gasteiger partial charge on any atom is 0.252 e. The molecule has 2 aromatic heterocycles. The number of benzene rings is 14. The molecule has 654 valence electrons. The molecule has 0 fully saturated rings. The summed E-state index contributed by atoms with van der Waals surface area (Å²) < 4.78 is 332. The molecule has 0 amide bonds. The van der Waals surface area contributed by atoms with Crippen LogP contribution in [0, 0.1) is 0 Å². The maximum absolute atomic E-state index is 12.0. The van der Waals surface area contributed by atoms with Crippen LogP contribution in [0.2, 0.25) is 0 Å². The Kier molecular flexibility index (Phi) is 13.7. The average molecular weight is 1720 g/mol. The topological polar surface area (TPSA) is 16.3 Å². The molecule has 2 aliphatic heterocycles. The van der Waals surface area contributed by atoms with Gasteiger partial charge in [0.2, 0.25) is 0 Å². The number of rotatable bonds is 9. The molecular weight excluding hydrogens is 1560 g/mol. The van der Waals surface area contributed by atoms with Gasteiger partial charge in [0.1, 0.15) is 0 Å². The lowest BCUT2D eigenvalue weighted by atomic mass is 9.33. The van der Waals surface area contributed by atoms with Crippen LogP contribution in [0.3, 0.4) is 0 Å². The molecule has 4 heterocycles. The summed E-state index contributed by atoms with van der Waals surface area (Å²) in [6.07, 6.45) is 0. The van der Waals surface area contributed by atoms with Crippen molar-refractivity contribution in [3.05, 3.63) is 328 Å². The summed E-state index contributed by atoms with van der Waals surface area (Å²) in [4.78, 5) is 3.20. The number of nitrogens with zero attached hydrogens (tertiary/aromatic N) is 4. The molecule has 16 aromatic rings. The minimum Gasteiger partial charge on any atom is -0.310 e. The molecule has 2 aliphatic rings. The van der Waals surface area contributed by atoms with Crippen LogP contribution < -0.4 is 26.2 Å². The number of para-hydroxylation sites is 2. The lowest BCUT2D eigenvalue weighted by molar-refractivity contribution is 0.569. The Balaban J connectivity index is 1.27. The molecule has 0 saturated heterocycles. The Bertz CT molecular complexity index is 8910. The predicted molar refractivity (Wildman–Crippen MR) is 563 cm³/mol. The van der Waals surface area contributed by atoms with Crippen molar-refractivity contribution in [1.29, 1.82) is 0 Å². The lowest BCUT2D eigenvalue weighted by Gasteiger charge is -2.46. The van der Waals surface area contributed by atoms with E-state index in [0.717, 1.165) is 21.9 Å². The Morgan fingerprint density at radius 1 is 0.233 bits per heavy atom. The molecule has 129 heavy (non-hydrogen) atoms. The van der Waals surface area contributed by atoms with Gasteiger partial charge in [-0.25, -0.2) is 0 Å². The maximum atomic E-state index is 12.0. The number of anilines is 6. The molecule has 0 saturated carbocycles. The summed E-state index contributed by atoms with van der Waals surface area (Å²) in [6, 6.07) is 5.38. The van der Waals surface area contributed by atoms with Crippen LogP contribution in [0.1, 0.15) is 306 Å². The van der Waals surface area contributed by atoms with E-state index >= 15 is 0 Å². The summed E-state index contributed by atoms with van der Waals surface area (Å²) >= 11 is 0. The van der Waals surface area contributed by atoms with Gasteiger partial charge in [-0.05, 0) is 250 Å². The normalized spacial score (nSPS) is 17.1. The smallest absolute Gasteiger partial charge is 0.252 e. The van der Waals surface area contributed by atoms with Gasteiger partial charge in [-0.1, -0.05) is 389 Å². The number of hydrogen-bond acceptors (Lipinski definition) is 2. The SMILES string of the molecule is [2H]c1c([2H])c([2H])c(-c2ccc3c(c2)N(c2c(-c4c([2H])c([2H])c(C(C)(C)C)c([2H])c4[2H])c([2H])c(C(C)(C)C)c([2H])c2-c2c(C(C)(C)C)c([2H])c([2H])c([2H])c2C(C)(C)C)c2cc(-n4c5c([2H])c([2H])c([2H])c([2H])c5c5c([2H])c([2H])c([2H])c([2H])c54)cc4c2B3c2ccc(-n3c5ccc(C(C)(C)C)cc5c5cc(C(C)(C)C)ccc53)cc2N4c2c(-c3c([2H])c([2H])c(C(C)(C)C)c([2H])c3[2H])c([2H])c(C(C)(C)C)c([2H])c2-c2c([2H])c([2H])c(C(C)(C)C)c([2H])c2C(C)(C)C)c([2H])c1[2H]. The molecule has 0 bridgehead atoms. The first-order valence-electron chi connectivity index (χ1n) is 60.4. The van der Waals surface area contributed by atoms with Crippen LogP contribution >= 0.6 is 0 Å². The third kappa shape index (κ3) is 15.5. The number of hydrogen-bond donors (Lipinski definition) is 0. The van der Waals surface area contributed by atoms with Gasteiger partial charge in [0.05, 0.1) is 81.6 Å². The van der Waals surface area contributed by atoms with Gasteiger partial charge in [0.25, 0.3) is 6.71 Å². The highest BCUT2D eigenvalue weighted by atomic mass is 15.2. The molecule has 14 aromatic carbocycles. The van der Waals surface area contributed by atoms with E-state index in [2.05, 4.69) is 70.4 Å². The first kappa shape index (κ1) is 58.1. The minimum atomic E-state index is -1.50. The van der Waals surface area contributed by atoms with Crippen LogP contribution in [0.15, 0.2) is 272 Å². The zero-order valence-corrected chi connectivity index (χ0v) is 80.4. The number of aromatic nitrogens is 2. The van der Waals surface area contributed by atoms with Gasteiger partial charge >= 0.3 is 0 Å². The minimum absolute atomic E-state index is 0.0106. The summed E-state index contributed by atoms with van der Waals surface area (Å²) in [7, 11) is 0. The second kappa shape index (κ2) is 30.5. The van der Waals surface area contributed by atoms with Crippen molar-refractivity contribution in [2.45, 2.75) is 262 Å². The third-order valence-electron chi connectivity index (χ3n) is 25.2. The van der Waals surface area contributed by atoms with Crippen molar-refractivity contribution in [2.75, 3.05) is 9.80 Å². The molecule has 0 spiro atoms. The van der Waals surface area contributed by atoms with Crippen LogP contribution in [0.25, 0.3) is 111 Å². The summed E-state index contributed by atoms with van der Waals surface area (Å²) in [5, 5.41) is 0.743. The fraction of sp³-hybridized carbons (Fsp3) is 0.323. The van der Waals surface area contributed by atoms with Gasteiger partial charge in [-0.3, -0.25) is 0 Å². The zero-order valence-electron chi connectivity index (χ0n) is 111. The third-order valence-corrected chi connectivity index (χ3v) is 25.2. The average Bonchev–Trinajstić information content (AvgIpc) is 1.06. The highest BCUT2D eigenvalue weighted by Crippen LogP contribution is 2.59. The summed E-state index contributed by atoms with van der Waals surface area (Å²) in [5.41, 5.74) is -13.6. The van der Waals surface area contributed by atoms with Crippen molar-refractivity contribution in [2.24, 2.45) is 0 Å². The van der Waals surface area contributed by atoms with E-state index in [1.807, 2.05) is 71.9 Å². The molecular formula is C124H135BN4. The predicted octanol–water partition coefficient (Wildman–Crippen LogP) is 33.3. The van der Waals surface area contributed by atoms with Gasteiger partial charge in [-0.2, -0.15) is 0 Å². The highest BCUT2D eigenvalue weighted by molar-refractivity contribution is 7.00. The summed E-state index contributed by atoms with van der Waals surface area (Å²) in [5.74, 6) is 0. The van der Waals surface area contributed by atoms with E-state index in [1.165, 1.54) is 16.7 Å². The second-order valence-electron chi connectivity index (χ2n) is 45.5. The standard InChI is InChI=1S/C124H135BN4/c1-115(2,3)80-52-47-77(48-53-80)92-68-85(120(16,17)18)70-96(89-60-56-84(119(13,14)15)72-100(89)124(28,29)30)113(92)129-108-73-87(126-105-63-57-82(117(7,8)9)66-94(105)95-67-83(118(10,11)12)58-64-106(95)126)59-62-102(108)125-101-61-51-79(76-39-32-31-33-40-76)65-107(101)128(109-74-88(75-110(129)112(109)125)127-103-45-36-34-41-90(103)91-42-35-37-46-104(91)127)114-93(78-49-54-81(55-50-78)116(4,5)6)69-86(121(19,20)21)71-97(114)111-98(122(22,23)24)43-38-44-99(111)123(25,26)27/h31-75H,1-30H3/i31D,32D,33D,34D,35D,36D,37D,38D,39D,40D,41D,42D,43D,44D,45D,46D,47D,48D,49D,50D,52D,53D,54D,55D,56D,60D,68D,69D,70D,71D,72D. The lowest BCUT2D eigenvalue weighted by Crippen LogP contribution is -2.61. The van der Waals surface area contributed by atoms with Crippen molar-refractivity contribution in [3.8, 4) is 67.0 Å². The van der Waals surface area contributed by atoms with E-state index in [4.69, 9.17) is 0 Å². The molecule has 0 N–H and O–H groups in total. The van der Waals surface area contributed by atoms with E-state index < -0.39 is 298 Å². The number of fused-ring (bicyclic) bond motifs is 10. The molecule has 5 heteroatoms. The largest absolute Gasteiger partial charge is 0.310 e. The molecule has 0 atom stereocenters. The van der Waals surface area contributed by atoms with E-state index in [-0.39, 0.29) is 129 Å². The van der Waals surface area contributed by atoms with Crippen molar-refractivity contribution >= 4 is 101 Å². The highest BCUT2D eigenvalue weighted by Gasteiger charge is 2.48. The fourth-order valence-electron chi connectivity index (χ4n) is 18.1. The van der Waals surface area contributed by atoms with E-state index in [0.29, 0.717) is 16.7 Å². The van der Waals surface area contributed by atoms with Crippen molar-refractivity contribution in [1.82, 2.24) is 9.13 Å². The Morgan fingerprint density at radius 2 is 0.620 bits per heavy atom. The first-order valence-corrected chi connectivity index (χ1v) is 44.9. The molecule has 0 aliphatic carbocycles. The Hall–Kier alpha value is -11.7. The van der Waals surface area contributed by atoms with E-state index in [9.17, 15) is 42.5 Å². The molecule has 4 nitrogen and oxygen atoms in total. The van der Waals surface area contributed by atoms with Crippen LogP contribution in [0.5, 0.6) is 0 Å². The summed E-state index contributed by atoms with van der Waals surface area (Å²) in [6.45, 7) is 53.5. The van der Waals surface area contributed by atoms with Crippen LogP contribution in [-0.2, 0) is 54.1 Å². The zero-order chi connectivity index (χ0) is 119. The molecule has 18 rings (SSSR count).